The smallest absolute Gasteiger partial charge is 0.236 e. The van der Waals surface area contributed by atoms with Crippen molar-refractivity contribution in [2.75, 3.05) is 26.7 Å². The van der Waals surface area contributed by atoms with Gasteiger partial charge < -0.3 is 9.73 Å². The van der Waals surface area contributed by atoms with Crippen molar-refractivity contribution >= 4 is 23.7 Å². The molecule has 1 saturated heterocycles. The minimum atomic E-state index is 0. The molecule has 2 aromatic rings. The molecule has 0 bridgehead atoms. The fourth-order valence-electron chi connectivity index (χ4n) is 2.80. The Labute approximate surface area is 136 Å². The highest BCUT2D eigenvalue weighted by Crippen LogP contribution is 2.27. The maximum atomic E-state index is 5.80. The number of likely N-dealkylation sites (tertiary alicyclic amines) is 1. The van der Waals surface area contributed by atoms with Crippen LogP contribution in [0.15, 0.2) is 21.9 Å². The summed E-state index contributed by atoms with van der Waals surface area (Å²) in [6, 6.07) is 4.08. The van der Waals surface area contributed by atoms with Crippen molar-refractivity contribution in [3.63, 3.8) is 0 Å². The van der Waals surface area contributed by atoms with Gasteiger partial charge in [-0.3, -0.25) is 4.90 Å². The predicted molar refractivity (Wildman–Crippen MR) is 89.1 cm³/mol. The second kappa shape index (κ2) is 7.40. The third kappa shape index (κ3) is 3.86. The van der Waals surface area contributed by atoms with Gasteiger partial charge in [0, 0.05) is 13.1 Å². The third-order valence-electron chi connectivity index (χ3n) is 3.86. The molecule has 3 heterocycles. The van der Waals surface area contributed by atoms with Crippen LogP contribution in [0.3, 0.4) is 0 Å². The molecule has 1 N–H and O–H groups in total. The second-order valence-corrected chi connectivity index (χ2v) is 6.39. The van der Waals surface area contributed by atoms with Crippen molar-refractivity contribution in [2.45, 2.75) is 19.9 Å². The minimum Gasteiger partial charge on any atom is -0.440 e. The average molecular weight is 328 g/mol. The molecule has 1 aliphatic heterocycles. The first-order valence-corrected chi connectivity index (χ1v) is 8.01. The molecule has 0 aromatic carbocycles. The molecule has 1 fully saturated rings. The second-order valence-electron chi connectivity index (χ2n) is 5.45. The lowest BCUT2D eigenvalue weighted by atomic mass is 10.1. The van der Waals surface area contributed by atoms with Crippen molar-refractivity contribution in [3.8, 4) is 10.8 Å². The summed E-state index contributed by atoms with van der Waals surface area (Å²) in [6.45, 7) is 6.34. The SMILES string of the molecule is CNCC1CCN(Cc2nc(-c3cccs3)oc2C)C1.Cl. The Bertz CT molecular complexity index is 555. The first-order valence-electron chi connectivity index (χ1n) is 7.13. The zero-order valence-electron chi connectivity index (χ0n) is 12.5. The number of aromatic nitrogens is 1. The zero-order chi connectivity index (χ0) is 13.9. The topological polar surface area (TPSA) is 41.3 Å². The van der Waals surface area contributed by atoms with E-state index in [1.54, 1.807) is 11.3 Å². The Morgan fingerprint density at radius 2 is 2.38 bits per heavy atom. The number of aryl methyl sites for hydroxylation is 1. The number of halogens is 1. The van der Waals surface area contributed by atoms with Gasteiger partial charge in [0.25, 0.3) is 0 Å². The van der Waals surface area contributed by atoms with Gasteiger partial charge in [-0.1, -0.05) is 6.07 Å². The van der Waals surface area contributed by atoms with E-state index in [9.17, 15) is 0 Å². The first kappa shape index (κ1) is 16.5. The standard InChI is InChI=1S/C15H21N3OS.ClH/c1-11-13(10-18-6-5-12(9-18)8-16-2)17-15(19-11)14-4-3-7-20-14;/h3-4,7,12,16H,5-6,8-10H2,1-2H3;1H. The van der Waals surface area contributed by atoms with Gasteiger partial charge in [0.05, 0.1) is 10.6 Å². The van der Waals surface area contributed by atoms with Crippen molar-refractivity contribution in [2.24, 2.45) is 5.92 Å². The number of thiophene rings is 1. The minimum absolute atomic E-state index is 0. The zero-order valence-corrected chi connectivity index (χ0v) is 14.1. The van der Waals surface area contributed by atoms with Crippen molar-refractivity contribution < 1.29 is 4.42 Å². The van der Waals surface area contributed by atoms with E-state index in [1.807, 2.05) is 20.0 Å². The predicted octanol–water partition coefficient (Wildman–Crippen LogP) is 3.17. The fraction of sp³-hybridized carbons (Fsp3) is 0.533. The van der Waals surface area contributed by atoms with E-state index in [0.29, 0.717) is 0 Å². The highest BCUT2D eigenvalue weighted by molar-refractivity contribution is 7.13. The van der Waals surface area contributed by atoms with Crippen LogP contribution in [0.1, 0.15) is 17.9 Å². The molecule has 21 heavy (non-hydrogen) atoms. The first-order chi connectivity index (χ1) is 9.76. The Morgan fingerprint density at radius 3 is 3.10 bits per heavy atom. The van der Waals surface area contributed by atoms with Crippen LogP contribution in [-0.4, -0.2) is 36.6 Å². The number of nitrogens with zero attached hydrogens (tertiary/aromatic N) is 2. The molecule has 3 rings (SSSR count). The average Bonchev–Trinajstić information content (AvgIpc) is 3.13. The Balaban J connectivity index is 0.00000161. The molecule has 0 aliphatic carbocycles. The molecule has 0 saturated carbocycles. The molecule has 4 nitrogen and oxygen atoms in total. The molecule has 0 amide bonds. The maximum Gasteiger partial charge on any atom is 0.236 e. The highest BCUT2D eigenvalue weighted by Gasteiger charge is 2.23. The van der Waals surface area contributed by atoms with Crippen LogP contribution in [0.25, 0.3) is 10.8 Å². The van der Waals surface area contributed by atoms with Gasteiger partial charge in [0.15, 0.2) is 0 Å². The van der Waals surface area contributed by atoms with Gasteiger partial charge in [-0.2, -0.15) is 0 Å². The van der Waals surface area contributed by atoms with Crippen LogP contribution in [-0.2, 0) is 6.54 Å². The summed E-state index contributed by atoms with van der Waals surface area (Å²) >= 11 is 1.67. The van der Waals surface area contributed by atoms with E-state index in [2.05, 4.69) is 26.6 Å². The van der Waals surface area contributed by atoms with Crippen LogP contribution in [0.2, 0.25) is 0 Å². The molecular weight excluding hydrogens is 306 g/mol. The molecule has 2 aromatic heterocycles. The van der Waals surface area contributed by atoms with Gasteiger partial charge in [0.1, 0.15) is 5.76 Å². The Morgan fingerprint density at radius 1 is 1.52 bits per heavy atom. The summed E-state index contributed by atoms with van der Waals surface area (Å²) in [5, 5.41) is 5.32. The van der Waals surface area contributed by atoms with Crippen LogP contribution < -0.4 is 5.32 Å². The highest BCUT2D eigenvalue weighted by atomic mass is 35.5. The number of rotatable bonds is 5. The summed E-state index contributed by atoms with van der Waals surface area (Å²) in [7, 11) is 2.03. The van der Waals surface area contributed by atoms with E-state index in [-0.39, 0.29) is 12.4 Å². The molecule has 0 spiro atoms. The van der Waals surface area contributed by atoms with Gasteiger partial charge in [-0.15, -0.1) is 23.7 Å². The van der Waals surface area contributed by atoms with Crippen LogP contribution in [0.5, 0.6) is 0 Å². The quantitative estimate of drug-likeness (QED) is 0.915. The van der Waals surface area contributed by atoms with Crippen LogP contribution >= 0.6 is 23.7 Å². The van der Waals surface area contributed by atoms with E-state index in [0.717, 1.165) is 54.3 Å². The summed E-state index contributed by atoms with van der Waals surface area (Å²) < 4.78 is 5.80. The number of oxazole rings is 1. The Kier molecular flexibility index (Phi) is 5.81. The number of nitrogens with one attached hydrogen (secondary N) is 1. The number of hydrogen-bond donors (Lipinski definition) is 1. The van der Waals surface area contributed by atoms with Crippen molar-refractivity contribution in [1.29, 1.82) is 0 Å². The Hall–Kier alpha value is -0.880. The molecule has 1 unspecified atom stereocenters. The molecular formula is C15H22ClN3OS. The van der Waals surface area contributed by atoms with Crippen molar-refractivity contribution in [1.82, 2.24) is 15.2 Å². The number of hydrogen-bond acceptors (Lipinski definition) is 5. The molecule has 1 aliphatic rings. The summed E-state index contributed by atoms with van der Waals surface area (Å²) in [5.41, 5.74) is 1.08. The normalized spacial score (nSPS) is 18.9. The van der Waals surface area contributed by atoms with E-state index >= 15 is 0 Å². The van der Waals surface area contributed by atoms with E-state index < -0.39 is 0 Å². The van der Waals surface area contributed by atoms with Gasteiger partial charge in [-0.05, 0) is 50.8 Å². The van der Waals surface area contributed by atoms with Crippen LogP contribution in [0, 0.1) is 12.8 Å². The lowest BCUT2D eigenvalue weighted by Crippen LogP contribution is -2.24. The monoisotopic (exact) mass is 327 g/mol. The fourth-order valence-corrected chi connectivity index (χ4v) is 3.45. The van der Waals surface area contributed by atoms with Crippen LogP contribution in [0.4, 0.5) is 0 Å². The molecule has 1 atom stereocenters. The van der Waals surface area contributed by atoms with E-state index in [4.69, 9.17) is 4.42 Å². The maximum absolute atomic E-state index is 5.80. The summed E-state index contributed by atoms with van der Waals surface area (Å²) in [4.78, 5) is 8.26. The van der Waals surface area contributed by atoms with E-state index in [1.165, 1.54) is 6.42 Å². The lowest BCUT2D eigenvalue weighted by molar-refractivity contribution is 0.310. The summed E-state index contributed by atoms with van der Waals surface area (Å²) in [6.07, 6.45) is 1.27. The van der Waals surface area contributed by atoms with Gasteiger partial charge in [0.2, 0.25) is 5.89 Å². The van der Waals surface area contributed by atoms with Crippen molar-refractivity contribution in [3.05, 3.63) is 29.0 Å². The van der Waals surface area contributed by atoms with Gasteiger partial charge in [-0.25, -0.2) is 4.98 Å². The van der Waals surface area contributed by atoms with Gasteiger partial charge >= 0.3 is 0 Å². The lowest BCUT2D eigenvalue weighted by Gasteiger charge is -2.14. The summed E-state index contributed by atoms with van der Waals surface area (Å²) in [5.74, 6) is 2.48. The third-order valence-corrected chi connectivity index (χ3v) is 4.72. The molecule has 6 heteroatoms. The largest absolute Gasteiger partial charge is 0.440 e. The molecule has 116 valence electrons. The molecule has 0 radical (unpaired) electrons.